The van der Waals surface area contributed by atoms with Gasteiger partial charge in [0.15, 0.2) is 0 Å². The van der Waals surface area contributed by atoms with Crippen LogP contribution in [0.15, 0.2) is 0 Å². The first-order chi connectivity index (χ1) is 12.6. The molecule has 0 heterocycles. The number of hydrogen-bond donors (Lipinski definition) is 0. The number of hydrogen-bond acceptors (Lipinski definition) is 7. The normalized spacial score (nSPS) is 16.9. The van der Waals surface area contributed by atoms with Gasteiger partial charge >= 0.3 is 6.16 Å². The van der Waals surface area contributed by atoms with Crippen LogP contribution in [0.25, 0.3) is 0 Å². The van der Waals surface area contributed by atoms with E-state index in [1.807, 2.05) is 69.2 Å². The SMILES string of the molecule is CCCC(C)(COC(=O)OCC(C)(CCC)OOC(C)(C)C)OOC(C)(C)C. The topological polar surface area (TPSA) is 72.5 Å². The molecule has 28 heavy (non-hydrogen) atoms. The van der Waals surface area contributed by atoms with E-state index in [9.17, 15) is 4.79 Å². The van der Waals surface area contributed by atoms with Crippen molar-refractivity contribution in [3.8, 4) is 0 Å². The molecular weight excluding hydrogens is 364 g/mol. The van der Waals surface area contributed by atoms with E-state index in [2.05, 4.69) is 0 Å². The van der Waals surface area contributed by atoms with Gasteiger partial charge in [0.2, 0.25) is 0 Å². The van der Waals surface area contributed by atoms with Gasteiger partial charge in [-0.05, 0) is 68.2 Å². The molecule has 2 atom stereocenters. The molecule has 0 saturated heterocycles. The second kappa shape index (κ2) is 11.3. The van der Waals surface area contributed by atoms with E-state index in [0.29, 0.717) is 12.8 Å². The van der Waals surface area contributed by atoms with Crippen molar-refractivity contribution < 1.29 is 33.8 Å². The van der Waals surface area contributed by atoms with Crippen molar-refractivity contribution in [1.82, 2.24) is 0 Å². The van der Waals surface area contributed by atoms with Gasteiger partial charge in [0.25, 0.3) is 0 Å². The molecule has 2 unspecified atom stereocenters. The summed E-state index contributed by atoms with van der Waals surface area (Å²) in [5.74, 6) is 0. The third kappa shape index (κ3) is 13.3. The van der Waals surface area contributed by atoms with E-state index in [1.165, 1.54) is 0 Å². The Bertz CT molecular complexity index is 413. The largest absolute Gasteiger partial charge is 0.508 e. The fourth-order valence-corrected chi connectivity index (χ4v) is 2.25. The Morgan fingerprint density at radius 3 is 1.18 bits per heavy atom. The predicted molar refractivity (Wildman–Crippen MR) is 108 cm³/mol. The van der Waals surface area contributed by atoms with E-state index in [-0.39, 0.29) is 13.2 Å². The maximum Gasteiger partial charge on any atom is 0.508 e. The minimum atomic E-state index is -0.775. The Kier molecular flexibility index (Phi) is 11.0. The molecule has 0 aromatic rings. The van der Waals surface area contributed by atoms with Crippen molar-refractivity contribution in [2.24, 2.45) is 0 Å². The van der Waals surface area contributed by atoms with Crippen LogP contribution in [0.4, 0.5) is 4.79 Å². The van der Waals surface area contributed by atoms with Crippen LogP contribution in [0, 0.1) is 0 Å². The highest BCUT2D eigenvalue weighted by Crippen LogP contribution is 2.24. The van der Waals surface area contributed by atoms with Crippen molar-refractivity contribution >= 4 is 6.16 Å². The molecule has 0 aliphatic heterocycles. The van der Waals surface area contributed by atoms with Gasteiger partial charge in [-0.15, -0.1) is 0 Å². The van der Waals surface area contributed by atoms with Crippen LogP contribution in [0.5, 0.6) is 0 Å². The van der Waals surface area contributed by atoms with Crippen LogP contribution in [0.2, 0.25) is 0 Å². The van der Waals surface area contributed by atoms with Crippen LogP contribution in [-0.4, -0.2) is 41.8 Å². The van der Waals surface area contributed by atoms with Crippen LogP contribution in [0.3, 0.4) is 0 Å². The van der Waals surface area contributed by atoms with Gasteiger partial charge in [-0.2, -0.15) is 0 Å². The zero-order valence-corrected chi connectivity index (χ0v) is 19.6. The molecule has 0 saturated carbocycles. The highest BCUT2D eigenvalue weighted by atomic mass is 17.2. The second-order valence-electron chi connectivity index (χ2n) is 9.79. The molecule has 0 N–H and O–H groups in total. The Morgan fingerprint density at radius 2 is 0.929 bits per heavy atom. The molecule has 0 rings (SSSR count). The van der Waals surface area contributed by atoms with Crippen molar-refractivity contribution in [2.45, 2.75) is 117 Å². The van der Waals surface area contributed by atoms with E-state index in [1.54, 1.807) is 0 Å². The van der Waals surface area contributed by atoms with E-state index in [4.69, 9.17) is 29.0 Å². The number of carbonyl (C=O) groups excluding carboxylic acids is 1. The molecular formula is C21H42O7. The lowest BCUT2D eigenvalue weighted by Crippen LogP contribution is -2.40. The quantitative estimate of drug-likeness (QED) is 0.232. The van der Waals surface area contributed by atoms with E-state index >= 15 is 0 Å². The molecule has 0 bridgehead atoms. The van der Waals surface area contributed by atoms with Gasteiger partial charge in [-0.3, -0.25) is 0 Å². The molecule has 0 amide bonds. The standard InChI is InChI=1S/C21H42O7/c1-11-13-20(9,27-25-18(3,4)5)15-23-17(22)24-16-21(10,14-12-2)28-26-19(6,7)8/h11-16H2,1-10H3. The summed E-state index contributed by atoms with van der Waals surface area (Å²) in [5, 5.41) is 0. The molecule has 0 fully saturated rings. The van der Waals surface area contributed by atoms with E-state index < -0.39 is 28.6 Å². The van der Waals surface area contributed by atoms with Gasteiger partial charge in [-0.1, -0.05) is 26.7 Å². The van der Waals surface area contributed by atoms with Gasteiger partial charge in [0, 0.05) is 0 Å². The third-order valence-corrected chi connectivity index (χ3v) is 3.53. The lowest BCUT2D eigenvalue weighted by molar-refractivity contribution is -0.408. The average molecular weight is 407 g/mol. The summed E-state index contributed by atoms with van der Waals surface area (Å²) >= 11 is 0. The fraction of sp³-hybridized carbons (Fsp3) is 0.952. The fourth-order valence-electron chi connectivity index (χ4n) is 2.25. The summed E-state index contributed by atoms with van der Waals surface area (Å²) in [6.07, 6.45) is 2.28. The molecule has 0 spiro atoms. The first-order valence-electron chi connectivity index (χ1n) is 10.2. The van der Waals surface area contributed by atoms with E-state index in [0.717, 1.165) is 12.8 Å². The first kappa shape index (κ1) is 27.1. The van der Waals surface area contributed by atoms with Crippen LogP contribution in [-0.2, 0) is 29.0 Å². The van der Waals surface area contributed by atoms with Crippen molar-refractivity contribution in [3.05, 3.63) is 0 Å². The van der Waals surface area contributed by atoms with Crippen LogP contribution < -0.4 is 0 Å². The lowest BCUT2D eigenvalue weighted by atomic mass is 10.0. The summed E-state index contributed by atoms with van der Waals surface area (Å²) in [6.45, 7) is 19.1. The highest BCUT2D eigenvalue weighted by Gasteiger charge is 2.33. The third-order valence-electron chi connectivity index (χ3n) is 3.53. The molecule has 0 aromatic carbocycles. The second-order valence-corrected chi connectivity index (χ2v) is 9.79. The highest BCUT2D eigenvalue weighted by molar-refractivity contribution is 5.60. The molecule has 0 aromatic heterocycles. The van der Waals surface area contributed by atoms with Crippen molar-refractivity contribution in [2.75, 3.05) is 13.2 Å². The Morgan fingerprint density at radius 1 is 0.607 bits per heavy atom. The molecule has 7 nitrogen and oxygen atoms in total. The van der Waals surface area contributed by atoms with Crippen molar-refractivity contribution in [3.63, 3.8) is 0 Å². The molecule has 0 radical (unpaired) electrons. The molecule has 168 valence electrons. The Hall–Kier alpha value is -0.890. The van der Waals surface area contributed by atoms with Gasteiger partial charge in [-0.25, -0.2) is 24.3 Å². The van der Waals surface area contributed by atoms with Gasteiger partial charge in [0.05, 0.1) is 11.2 Å². The average Bonchev–Trinajstić information content (AvgIpc) is 2.54. The summed E-state index contributed by atoms with van der Waals surface area (Å²) in [7, 11) is 0. The zero-order valence-electron chi connectivity index (χ0n) is 19.6. The lowest BCUT2D eigenvalue weighted by Gasteiger charge is -2.32. The first-order valence-corrected chi connectivity index (χ1v) is 10.2. The predicted octanol–water partition coefficient (Wildman–Crippen LogP) is 5.75. The minimum Gasteiger partial charge on any atom is -0.431 e. The molecule has 0 aliphatic rings. The number of rotatable bonds is 12. The Labute approximate surface area is 171 Å². The monoisotopic (exact) mass is 406 g/mol. The number of carbonyl (C=O) groups is 1. The smallest absolute Gasteiger partial charge is 0.431 e. The summed E-state index contributed by atoms with van der Waals surface area (Å²) < 4.78 is 10.6. The van der Waals surface area contributed by atoms with Gasteiger partial charge in [0.1, 0.15) is 24.4 Å². The maximum atomic E-state index is 12.1. The Balaban J connectivity index is 4.65. The van der Waals surface area contributed by atoms with Gasteiger partial charge < -0.3 is 9.47 Å². The minimum absolute atomic E-state index is 0.0274. The molecule has 0 aliphatic carbocycles. The van der Waals surface area contributed by atoms with Crippen molar-refractivity contribution in [1.29, 1.82) is 0 Å². The van der Waals surface area contributed by atoms with Crippen LogP contribution >= 0.6 is 0 Å². The zero-order chi connectivity index (χ0) is 22.1. The summed E-state index contributed by atoms with van der Waals surface area (Å²) in [4.78, 5) is 34.1. The summed E-state index contributed by atoms with van der Waals surface area (Å²) in [6, 6.07) is 0. The number of ether oxygens (including phenoxy) is 2. The summed E-state index contributed by atoms with van der Waals surface area (Å²) in [5.41, 5.74) is -2.41. The molecule has 7 heteroatoms. The maximum absolute atomic E-state index is 12.1. The van der Waals surface area contributed by atoms with Crippen LogP contribution in [0.1, 0.15) is 94.9 Å².